The van der Waals surface area contributed by atoms with Gasteiger partial charge in [0, 0.05) is 19.4 Å². The molecule has 31 heavy (non-hydrogen) atoms. The number of amides is 2. The molecule has 2 aromatic rings. The summed E-state index contributed by atoms with van der Waals surface area (Å²) >= 11 is 1.08. The molecule has 0 spiro atoms. The molecular weight excluding hydrogens is 442 g/mol. The second-order valence-electron chi connectivity index (χ2n) is 6.67. The zero-order valence-corrected chi connectivity index (χ0v) is 18.9. The topological polar surface area (TPSA) is 114 Å². The van der Waals surface area contributed by atoms with Gasteiger partial charge in [0.25, 0.3) is 0 Å². The monoisotopic (exact) mass is 463 g/mol. The maximum Gasteiger partial charge on any atom is 0.339 e. The third-order valence-electron chi connectivity index (χ3n) is 4.24. The lowest BCUT2D eigenvalue weighted by atomic mass is 10.2. The molecule has 0 unspecified atom stereocenters. The minimum absolute atomic E-state index is 0.00227. The average Bonchev–Trinajstić information content (AvgIpc) is 3.11. The maximum absolute atomic E-state index is 12.8. The number of hydrazone groups is 1. The Bertz CT molecular complexity index is 1150. The second kappa shape index (κ2) is 8.98. The van der Waals surface area contributed by atoms with E-state index in [0.717, 1.165) is 22.3 Å². The quantitative estimate of drug-likeness (QED) is 0.678. The normalized spacial score (nSPS) is 15.9. The fraction of sp³-hybridized carbons (Fsp3) is 0.250. The number of rotatable bonds is 5. The molecule has 0 saturated carbocycles. The molecule has 2 amide bonds. The number of ether oxygens (including phenoxy) is 1. The van der Waals surface area contributed by atoms with Gasteiger partial charge in [0.2, 0.25) is 11.8 Å². The molecule has 1 N–H and O–H groups in total. The first kappa shape index (κ1) is 22.6. The average molecular weight is 464 g/mol. The highest BCUT2D eigenvalue weighted by Crippen LogP contribution is 2.44. The van der Waals surface area contributed by atoms with E-state index in [1.807, 2.05) is 6.92 Å². The van der Waals surface area contributed by atoms with Crippen molar-refractivity contribution in [2.45, 2.75) is 31.0 Å². The number of thioether (sulfide) groups is 1. The summed E-state index contributed by atoms with van der Waals surface area (Å²) in [5.74, 6) is -0.288. The van der Waals surface area contributed by atoms with Crippen molar-refractivity contribution in [3.8, 4) is 11.5 Å². The van der Waals surface area contributed by atoms with Crippen LogP contribution in [0.25, 0.3) is 0 Å². The maximum atomic E-state index is 12.8. The van der Waals surface area contributed by atoms with E-state index in [-0.39, 0.29) is 21.7 Å². The van der Waals surface area contributed by atoms with E-state index in [1.165, 1.54) is 39.2 Å². The number of aryl methyl sites for hydroxylation is 1. The van der Waals surface area contributed by atoms with Crippen LogP contribution in [0.4, 0.5) is 0 Å². The van der Waals surface area contributed by atoms with Crippen molar-refractivity contribution in [2.24, 2.45) is 5.10 Å². The molecule has 0 fully saturated rings. The number of methoxy groups -OCH3 is 1. The van der Waals surface area contributed by atoms with Crippen molar-refractivity contribution in [3.63, 3.8) is 0 Å². The van der Waals surface area contributed by atoms with Gasteiger partial charge < -0.3 is 14.2 Å². The molecule has 2 aromatic carbocycles. The highest BCUT2D eigenvalue weighted by molar-refractivity contribution is 8.14. The smallest absolute Gasteiger partial charge is 0.339 e. The van der Waals surface area contributed by atoms with Crippen LogP contribution in [0.1, 0.15) is 30.3 Å². The molecule has 0 radical (unpaired) electrons. The first-order valence-corrected chi connectivity index (χ1v) is 11.4. The van der Waals surface area contributed by atoms with Gasteiger partial charge in [-0.15, -0.1) is 5.10 Å². The van der Waals surface area contributed by atoms with Crippen molar-refractivity contribution < 1.29 is 26.9 Å². The summed E-state index contributed by atoms with van der Waals surface area (Å²) in [5, 5.41) is 7.27. The third kappa shape index (κ3) is 5.17. The van der Waals surface area contributed by atoms with Gasteiger partial charge >= 0.3 is 10.1 Å². The lowest BCUT2D eigenvalue weighted by Gasteiger charge is -2.22. The van der Waals surface area contributed by atoms with E-state index >= 15 is 0 Å². The van der Waals surface area contributed by atoms with Crippen molar-refractivity contribution in [1.29, 1.82) is 0 Å². The largest absolute Gasteiger partial charge is 0.497 e. The van der Waals surface area contributed by atoms with Crippen LogP contribution < -0.4 is 14.2 Å². The van der Waals surface area contributed by atoms with E-state index < -0.39 is 21.4 Å². The second-order valence-corrected chi connectivity index (χ2v) is 9.29. The van der Waals surface area contributed by atoms with E-state index in [4.69, 9.17) is 8.92 Å². The van der Waals surface area contributed by atoms with Crippen molar-refractivity contribution in [1.82, 2.24) is 10.3 Å². The zero-order valence-electron chi connectivity index (χ0n) is 17.3. The number of amidine groups is 1. The molecule has 164 valence electrons. The fourth-order valence-electron chi connectivity index (χ4n) is 2.76. The van der Waals surface area contributed by atoms with Gasteiger partial charge in [-0.25, -0.2) is 5.01 Å². The van der Waals surface area contributed by atoms with Crippen LogP contribution in [0.5, 0.6) is 11.5 Å². The van der Waals surface area contributed by atoms with E-state index in [1.54, 1.807) is 24.3 Å². The van der Waals surface area contributed by atoms with Crippen molar-refractivity contribution in [3.05, 3.63) is 53.6 Å². The molecule has 1 aliphatic rings. The molecule has 1 aliphatic heterocycles. The summed E-state index contributed by atoms with van der Waals surface area (Å²) in [5.41, 5.74) is 1.26. The van der Waals surface area contributed by atoms with Crippen molar-refractivity contribution in [2.75, 3.05) is 7.11 Å². The Hall–Kier alpha value is -3.05. The molecule has 1 atom stereocenters. The summed E-state index contributed by atoms with van der Waals surface area (Å²) in [6, 6.07) is 10.8. The number of hydrogen-bond donors (Lipinski definition) is 1. The van der Waals surface area contributed by atoms with Gasteiger partial charge in [0.1, 0.15) is 21.8 Å². The Morgan fingerprint density at radius 1 is 1.13 bits per heavy atom. The third-order valence-corrected chi connectivity index (χ3v) is 6.57. The predicted molar refractivity (Wildman–Crippen MR) is 116 cm³/mol. The van der Waals surface area contributed by atoms with Crippen LogP contribution in [0, 0.1) is 6.92 Å². The molecule has 0 aromatic heterocycles. The Balaban J connectivity index is 2.01. The SMILES string of the molecule is COc1ccc(OS(=O)(=O)c2ccc(C)cc2)c([C@H]2SC(NC(C)=O)=NN2C(C)=O)c1. The number of benzene rings is 2. The van der Waals surface area contributed by atoms with Crippen LogP contribution in [-0.2, 0) is 19.7 Å². The summed E-state index contributed by atoms with van der Waals surface area (Å²) in [4.78, 5) is 23.6. The van der Waals surface area contributed by atoms with Gasteiger partial charge in [0.15, 0.2) is 5.17 Å². The number of nitrogens with zero attached hydrogens (tertiary/aromatic N) is 2. The Morgan fingerprint density at radius 3 is 2.39 bits per heavy atom. The Labute approximate surface area is 184 Å². The Kier molecular flexibility index (Phi) is 6.56. The van der Waals surface area contributed by atoms with Gasteiger partial charge in [0.05, 0.1) is 7.11 Å². The van der Waals surface area contributed by atoms with Crippen molar-refractivity contribution >= 4 is 38.9 Å². The number of carbonyl (C=O) groups is 2. The minimum Gasteiger partial charge on any atom is -0.497 e. The standard InChI is InChI=1S/C20H21N3O6S2/c1-12-5-8-16(9-6-12)31(26,27)29-18-10-7-15(28-4)11-17(18)19-23(14(3)25)22-20(30-19)21-13(2)24/h5-11,19H,1-4H3,(H,21,22,24)/t19-/m1/s1. The Morgan fingerprint density at radius 2 is 1.81 bits per heavy atom. The van der Waals surface area contributed by atoms with Crippen LogP contribution in [0.2, 0.25) is 0 Å². The molecule has 0 saturated heterocycles. The summed E-state index contributed by atoms with van der Waals surface area (Å²) in [6.07, 6.45) is 0. The van der Waals surface area contributed by atoms with Crippen LogP contribution in [-0.4, -0.2) is 37.5 Å². The van der Waals surface area contributed by atoms with Crippen LogP contribution >= 0.6 is 11.8 Å². The van der Waals surface area contributed by atoms with E-state index in [2.05, 4.69) is 10.4 Å². The molecule has 9 nitrogen and oxygen atoms in total. The molecule has 0 aliphatic carbocycles. The molecule has 3 rings (SSSR count). The lowest BCUT2D eigenvalue weighted by molar-refractivity contribution is -0.129. The number of hydrogen-bond acceptors (Lipinski definition) is 8. The molecular formula is C20H21N3O6S2. The van der Waals surface area contributed by atoms with Crippen LogP contribution in [0.15, 0.2) is 52.5 Å². The van der Waals surface area contributed by atoms with Gasteiger partial charge in [-0.1, -0.05) is 29.5 Å². The van der Waals surface area contributed by atoms with E-state index in [0.29, 0.717) is 11.3 Å². The highest BCUT2D eigenvalue weighted by atomic mass is 32.2. The van der Waals surface area contributed by atoms with Gasteiger partial charge in [-0.3, -0.25) is 9.59 Å². The van der Waals surface area contributed by atoms with Gasteiger partial charge in [-0.05, 0) is 37.3 Å². The molecule has 1 heterocycles. The number of nitrogens with one attached hydrogen (secondary N) is 1. The van der Waals surface area contributed by atoms with E-state index in [9.17, 15) is 18.0 Å². The first-order valence-electron chi connectivity index (χ1n) is 9.12. The van der Waals surface area contributed by atoms with Crippen LogP contribution in [0.3, 0.4) is 0 Å². The predicted octanol–water partition coefficient (Wildman–Crippen LogP) is 2.77. The highest BCUT2D eigenvalue weighted by Gasteiger charge is 2.35. The lowest BCUT2D eigenvalue weighted by Crippen LogP contribution is -2.25. The first-order chi connectivity index (χ1) is 14.6. The fourth-order valence-corrected chi connectivity index (χ4v) is 4.87. The minimum atomic E-state index is -4.13. The van der Waals surface area contributed by atoms with Gasteiger partial charge in [-0.2, -0.15) is 8.42 Å². The molecule has 11 heteroatoms. The summed E-state index contributed by atoms with van der Waals surface area (Å²) in [7, 11) is -2.67. The number of carbonyl (C=O) groups excluding carboxylic acids is 2. The zero-order chi connectivity index (χ0) is 22.8. The molecule has 0 bridgehead atoms. The summed E-state index contributed by atoms with van der Waals surface area (Å²) < 4.78 is 36.4. The summed E-state index contributed by atoms with van der Waals surface area (Å²) in [6.45, 7) is 4.49.